The molecule has 148 valence electrons. The summed E-state index contributed by atoms with van der Waals surface area (Å²) in [4.78, 5) is 12.3. The van der Waals surface area contributed by atoms with Crippen LogP contribution in [0.4, 0.5) is 10.5 Å². The van der Waals surface area contributed by atoms with Gasteiger partial charge in [0.05, 0.1) is 24.5 Å². The molecule has 0 fully saturated rings. The molecule has 1 atom stereocenters. The molecule has 2 N–H and O–H groups in total. The van der Waals surface area contributed by atoms with E-state index in [1.807, 2.05) is 74.3 Å². The van der Waals surface area contributed by atoms with Gasteiger partial charge in [-0.2, -0.15) is 10.2 Å². The fraction of sp³-hybridized carbons (Fsp3) is 0.381. The number of benzene rings is 1. The standard InChI is InChI=1S/C21H28N6O/c1-14-10-17(4)26(24-14)12-16(3)22-21(28)23-20-8-6-19(7-9-20)13-27-18(5)11-15(2)25-27/h6-11,16H,12-13H2,1-5H3,(H2,22,23,28)/t16-/m0/s1. The molecule has 3 rings (SSSR count). The second kappa shape index (κ2) is 8.29. The maximum Gasteiger partial charge on any atom is 0.319 e. The zero-order valence-corrected chi connectivity index (χ0v) is 17.2. The van der Waals surface area contributed by atoms with E-state index in [-0.39, 0.29) is 12.1 Å². The van der Waals surface area contributed by atoms with Crippen LogP contribution in [0.5, 0.6) is 0 Å². The summed E-state index contributed by atoms with van der Waals surface area (Å²) >= 11 is 0. The highest BCUT2D eigenvalue weighted by Gasteiger charge is 2.10. The Morgan fingerprint density at radius 1 is 0.964 bits per heavy atom. The van der Waals surface area contributed by atoms with Crippen molar-refractivity contribution in [1.82, 2.24) is 24.9 Å². The van der Waals surface area contributed by atoms with Gasteiger partial charge < -0.3 is 10.6 Å². The van der Waals surface area contributed by atoms with Crippen molar-refractivity contribution in [2.24, 2.45) is 0 Å². The van der Waals surface area contributed by atoms with Gasteiger partial charge >= 0.3 is 6.03 Å². The molecule has 0 saturated heterocycles. The summed E-state index contributed by atoms with van der Waals surface area (Å²) in [6.07, 6.45) is 0. The van der Waals surface area contributed by atoms with Gasteiger partial charge in [0.2, 0.25) is 0 Å². The first-order valence-electron chi connectivity index (χ1n) is 9.48. The van der Waals surface area contributed by atoms with Gasteiger partial charge in [-0.1, -0.05) is 12.1 Å². The second-order valence-electron chi connectivity index (χ2n) is 7.39. The van der Waals surface area contributed by atoms with E-state index in [9.17, 15) is 4.79 Å². The highest BCUT2D eigenvalue weighted by atomic mass is 16.2. The van der Waals surface area contributed by atoms with Crippen LogP contribution < -0.4 is 10.6 Å². The Balaban J connectivity index is 1.52. The summed E-state index contributed by atoms with van der Waals surface area (Å²) < 4.78 is 3.89. The van der Waals surface area contributed by atoms with E-state index in [1.54, 1.807) is 0 Å². The van der Waals surface area contributed by atoms with Crippen LogP contribution in [0.1, 0.15) is 35.3 Å². The third kappa shape index (κ3) is 5.00. The van der Waals surface area contributed by atoms with Crippen molar-refractivity contribution >= 4 is 11.7 Å². The van der Waals surface area contributed by atoms with Crippen LogP contribution in [-0.4, -0.2) is 31.6 Å². The minimum atomic E-state index is -0.222. The van der Waals surface area contributed by atoms with Crippen LogP contribution in [0.3, 0.4) is 0 Å². The van der Waals surface area contributed by atoms with Crippen LogP contribution in [-0.2, 0) is 13.1 Å². The summed E-state index contributed by atoms with van der Waals surface area (Å²) in [7, 11) is 0. The number of nitrogens with one attached hydrogen (secondary N) is 2. The molecule has 0 radical (unpaired) electrons. The number of rotatable bonds is 6. The lowest BCUT2D eigenvalue weighted by atomic mass is 10.2. The molecule has 0 bridgehead atoms. The third-order valence-electron chi connectivity index (χ3n) is 4.58. The topological polar surface area (TPSA) is 76.8 Å². The van der Waals surface area contributed by atoms with Gasteiger partial charge in [-0.15, -0.1) is 0 Å². The number of aryl methyl sites for hydroxylation is 4. The number of amides is 2. The van der Waals surface area contributed by atoms with E-state index in [0.717, 1.165) is 34.0 Å². The Bertz CT molecular complexity index is 954. The maximum absolute atomic E-state index is 12.3. The number of carbonyl (C=O) groups excluding carboxylic acids is 1. The Kier molecular flexibility index (Phi) is 5.82. The van der Waals surface area contributed by atoms with E-state index in [2.05, 4.69) is 26.9 Å². The van der Waals surface area contributed by atoms with Gasteiger partial charge in [-0.05, 0) is 64.4 Å². The molecule has 0 aliphatic carbocycles. The molecular weight excluding hydrogens is 352 g/mol. The maximum atomic E-state index is 12.3. The number of aromatic nitrogens is 4. The first-order valence-corrected chi connectivity index (χ1v) is 9.48. The van der Waals surface area contributed by atoms with Crippen molar-refractivity contribution in [2.45, 2.75) is 53.8 Å². The Labute approximate surface area is 165 Å². The second-order valence-corrected chi connectivity index (χ2v) is 7.39. The normalized spacial score (nSPS) is 12.0. The molecule has 3 aromatic rings. The molecule has 7 heteroatoms. The Morgan fingerprint density at radius 3 is 2.07 bits per heavy atom. The predicted octanol–water partition coefficient (Wildman–Crippen LogP) is 3.57. The quantitative estimate of drug-likeness (QED) is 0.686. The van der Waals surface area contributed by atoms with Gasteiger partial charge in [0.15, 0.2) is 0 Å². The monoisotopic (exact) mass is 380 g/mol. The van der Waals surface area contributed by atoms with Gasteiger partial charge in [-0.25, -0.2) is 4.79 Å². The summed E-state index contributed by atoms with van der Waals surface area (Å²) in [5.41, 5.74) is 6.11. The van der Waals surface area contributed by atoms with E-state index >= 15 is 0 Å². The number of anilines is 1. The van der Waals surface area contributed by atoms with Crippen LogP contribution >= 0.6 is 0 Å². The fourth-order valence-corrected chi connectivity index (χ4v) is 3.26. The first-order chi connectivity index (χ1) is 13.3. The molecule has 0 unspecified atom stereocenters. The van der Waals surface area contributed by atoms with Gasteiger partial charge in [0, 0.05) is 23.1 Å². The summed E-state index contributed by atoms with van der Waals surface area (Å²) in [5.74, 6) is 0. The number of nitrogens with zero attached hydrogens (tertiary/aromatic N) is 4. The van der Waals surface area contributed by atoms with Crippen molar-refractivity contribution in [1.29, 1.82) is 0 Å². The zero-order valence-electron chi connectivity index (χ0n) is 17.2. The molecule has 2 aromatic heterocycles. The number of carbonyl (C=O) groups is 1. The molecule has 7 nitrogen and oxygen atoms in total. The largest absolute Gasteiger partial charge is 0.334 e. The SMILES string of the molecule is Cc1cc(C)n(Cc2ccc(NC(=O)N[C@@H](C)Cn3nc(C)cc3C)cc2)n1. The van der Waals surface area contributed by atoms with Crippen molar-refractivity contribution in [3.05, 3.63) is 64.7 Å². The number of urea groups is 1. The summed E-state index contributed by atoms with van der Waals surface area (Å²) in [6.45, 7) is 11.3. The molecule has 0 spiro atoms. The van der Waals surface area contributed by atoms with E-state index < -0.39 is 0 Å². The van der Waals surface area contributed by atoms with Crippen molar-refractivity contribution in [2.75, 3.05) is 5.32 Å². The minimum absolute atomic E-state index is 0.0386. The molecule has 2 heterocycles. The van der Waals surface area contributed by atoms with Gasteiger partial charge in [0.1, 0.15) is 0 Å². The van der Waals surface area contributed by atoms with Gasteiger partial charge in [-0.3, -0.25) is 9.36 Å². The van der Waals surface area contributed by atoms with Crippen LogP contribution in [0.15, 0.2) is 36.4 Å². The van der Waals surface area contributed by atoms with Crippen LogP contribution in [0.2, 0.25) is 0 Å². The molecule has 0 saturated carbocycles. The van der Waals surface area contributed by atoms with Crippen LogP contribution in [0.25, 0.3) is 0 Å². The molecule has 2 amide bonds. The number of hydrogen-bond donors (Lipinski definition) is 2. The van der Waals surface area contributed by atoms with Crippen molar-refractivity contribution in [3.63, 3.8) is 0 Å². The average Bonchev–Trinajstić information content (AvgIpc) is 3.09. The smallest absolute Gasteiger partial charge is 0.319 e. The average molecular weight is 380 g/mol. The molecule has 1 aromatic carbocycles. The van der Waals surface area contributed by atoms with Crippen LogP contribution in [0, 0.1) is 27.7 Å². The number of hydrogen-bond acceptors (Lipinski definition) is 3. The summed E-state index contributed by atoms with van der Waals surface area (Å²) in [5, 5.41) is 14.7. The minimum Gasteiger partial charge on any atom is -0.334 e. The third-order valence-corrected chi connectivity index (χ3v) is 4.58. The lowest BCUT2D eigenvalue weighted by molar-refractivity contribution is 0.247. The molecule has 28 heavy (non-hydrogen) atoms. The van der Waals surface area contributed by atoms with Gasteiger partial charge in [0.25, 0.3) is 0 Å². The van der Waals surface area contributed by atoms with E-state index in [4.69, 9.17) is 0 Å². The highest BCUT2D eigenvalue weighted by molar-refractivity contribution is 5.89. The zero-order chi connectivity index (χ0) is 20.3. The van der Waals surface area contributed by atoms with E-state index in [0.29, 0.717) is 13.1 Å². The van der Waals surface area contributed by atoms with Crippen molar-refractivity contribution in [3.8, 4) is 0 Å². The highest BCUT2D eigenvalue weighted by Crippen LogP contribution is 2.12. The predicted molar refractivity (Wildman–Crippen MR) is 111 cm³/mol. The molecule has 0 aliphatic rings. The Hall–Kier alpha value is -3.09. The first kappa shape index (κ1) is 19.7. The molecule has 0 aliphatic heterocycles. The van der Waals surface area contributed by atoms with E-state index in [1.165, 1.54) is 0 Å². The lowest BCUT2D eigenvalue weighted by Crippen LogP contribution is -2.38. The summed E-state index contributed by atoms with van der Waals surface area (Å²) in [6, 6.07) is 11.7. The Morgan fingerprint density at radius 2 is 1.54 bits per heavy atom. The fourth-order valence-electron chi connectivity index (χ4n) is 3.26. The molecular formula is C21H28N6O. The van der Waals surface area contributed by atoms with Crippen molar-refractivity contribution < 1.29 is 4.79 Å². The lowest BCUT2D eigenvalue weighted by Gasteiger charge is -2.16.